The molecule has 1 aliphatic heterocycles. The van der Waals surface area contributed by atoms with E-state index in [9.17, 15) is 22.0 Å². The predicted octanol–water partition coefficient (Wildman–Crippen LogP) is 2.08. The van der Waals surface area contributed by atoms with Crippen LogP contribution in [0.5, 0.6) is 0 Å². The molecule has 3 rings (SSSR count). The molecule has 0 radical (unpaired) electrons. The van der Waals surface area contributed by atoms with Crippen LogP contribution in [0, 0.1) is 11.6 Å². The van der Waals surface area contributed by atoms with Crippen molar-refractivity contribution in [3.63, 3.8) is 0 Å². The van der Waals surface area contributed by atoms with Gasteiger partial charge in [0.25, 0.3) is 0 Å². The second-order valence-electron chi connectivity index (χ2n) is 6.50. The molecule has 1 saturated carbocycles. The maximum absolute atomic E-state index is 14.1. The number of amides is 1. The second kappa shape index (κ2) is 5.54. The third-order valence-corrected chi connectivity index (χ3v) is 7.52. The minimum Gasteiger partial charge on any atom is -0.351 e. The van der Waals surface area contributed by atoms with Crippen LogP contribution in [0.2, 0.25) is 0 Å². The maximum Gasteiger partial charge on any atom is 0.231 e. The van der Waals surface area contributed by atoms with Crippen LogP contribution in [0.15, 0.2) is 18.2 Å². The molecular formula is C16H19F2NO3S. The molecule has 2 aliphatic rings. The van der Waals surface area contributed by atoms with Gasteiger partial charge in [-0.05, 0) is 32.3 Å². The molecule has 1 aliphatic carbocycles. The summed E-state index contributed by atoms with van der Waals surface area (Å²) in [5.41, 5.74) is -0.819. The van der Waals surface area contributed by atoms with Crippen molar-refractivity contribution in [2.75, 3.05) is 5.75 Å². The SMILES string of the molecule is C[C@H]1[C@@H](NC(=O)C2(c3ccc(F)cc3F)CCC2)CCS1(=O)=O. The quantitative estimate of drug-likeness (QED) is 0.914. The Morgan fingerprint density at radius 3 is 2.48 bits per heavy atom. The van der Waals surface area contributed by atoms with E-state index < -0.39 is 38.2 Å². The van der Waals surface area contributed by atoms with Gasteiger partial charge in [-0.2, -0.15) is 0 Å². The van der Waals surface area contributed by atoms with E-state index in [1.807, 2.05) is 0 Å². The van der Waals surface area contributed by atoms with Crippen LogP contribution < -0.4 is 5.32 Å². The van der Waals surface area contributed by atoms with Crippen LogP contribution >= 0.6 is 0 Å². The Balaban J connectivity index is 1.85. The van der Waals surface area contributed by atoms with E-state index in [0.29, 0.717) is 19.3 Å². The molecule has 0 bridgehead atoms. The largest absolute Gasteiger partial charge is 0.351 e. The first-order valence-corrected chi connectivity index (χ1v) is 9.46. The molecular weight excluding hydrogens is 324 g/mol. The predicted molar refractivity (Wildman–Crippen MR) is 81.7 cm³/mol. The molecule has 23 heavy (non-hydrogen) atoms. The molecule has 2 fully saturated rings. The molecule has 1 heterocycles. The number of benzene rings is 1. The fourth-order valence-electron chi connectivity index (χ4n) is 3.48. The lowest BCUT2D eigenvalue weighted by molar-refractivity contribution is -0.130. The number of nitrogens with one attached hydrogen (secondary N) is 1. The minimum atomic E-state index is -3.17. The summed E-state index contributed by atoms with van der Waals surface area (Å²) < 4.78 is 50.8. The monoisotopic (exact) mass is 343 g/mol. The molecule has 0 aromatic heterocycles. The number of carbonyl (C=O) groups is 1. The Bertz CT molecular complexity index is 744. The highest BCUT2D eigenvalue weighted by atomic mass is 32.2. The average molecular weight is 343 g/mol. The van der Waals surface area contributed by atoms with E-state index in [1.54, 1.807) is 6.92 Å². The highest BCUT2D eigenvalue weighted by Gasteiger charge is 2.49. The van der Waals surface area contributed by atoms with Crippen LogP contribution in [0.1, 0.15) is 38.2 Å². The molecule has 1 aromatic rings. The summed E-state index contributed by atoms with van der Waals surface area (Å²) in [5.74, 6) is -1.72. The van der Waals surface area contributed by atoms with E-state index in [0.717, 1.165) is 18.6 Å². The van der Waals surface area contributed by atoms with Crippen molar-refractivity contribution in [1.29, 1.82) is 0 Å². The van der Waals surface area contributed by atoms with Gasteiger partial charge in [0.1, 0.15) is 11.6 Å². The van der Waals surface area contributed by atoms with Crippen LogP contribution in [0.3, 0.4) is 0 Å². The van der Waals surface area contributed by atoms with E-state index in [-0.39, 0.29) is 17.2 Å². The Morgan fingerprint density at radius 1 is 1.30 bits per heavy atom. The highest BCUT2D eigenvalue weighted by molar-refractivity contribution is 7.92. The van der Waals surface area contributed by atoms with E-state index >= 15 is 0 Å². The summed E-state index contributed by atoms with van der Waals surface area (Å²) in [5, 5.41) is 2.15. The van der Waals surface area contributed by atoms with Gasteiger partial charge in [0.2, 0.25) is 5.91 Å². The number of hydrogen-bond donors (Lipinski definition) is 1. The van der Waals surface area contributed by atoms with Gasteiger partial charge in [0.15, 0.2) is 9.84 Å². The number of hydrogen-bond acceptors (Lipinski definition) is 3. The van der Waals surface area contributed by atoms with Crippen molar-refractivity contribution < 1.29 is 22.0 Å². The zero-order valence-corrected chi connectivity index (χ0v) is 13.6. The first-order chi connectivity index (χ1) is 10.8. The first kappa shape index (κ1) is 16.4. The maximum atomic E-state index is 14.1. The lowest BCUT2D eigenvalue weighted by Crippen LogP contribution is -2.54. The standard InChI is InChI=1S/C16H19F2NO3S/c1-10-14(5-8-23(10,21)22)19-15(20)16(6-2-7-16)12-4-3-11(17)9-13(12)18/h3-4,9-10,14H,2,5-8H2,1H3,(H,19,20)/t10-,14-/m0/s1. The Hall–Kier alpha value is -1.50. The molecule has 1 aromatic carbocycles. The van der Waals surface area contributed by atoms with Crippen LogP contribution in [-0.4, -0.2) is 31.4 Å². The lowest BCUT2D eigenvalue weighted by Gasteiger charge is -2.41. The second-order valence-corrected chi connectivity index (χ2v) is 8.98. The van der Waals surface area contributed by atoms with E-state index in [2.05, 4.69) is 5.32 Å². The number of sulfone groups is 1. The van der Waals surface area contributed by atoms with Crippen LogP contribution in [0.4, 0.5) is 8.78 Å². The molecule has 4 nitrogen and oxygen atoms in total. The Morgan fingerprint density at radius 2 is 2.00 bits per heavy atom. The van der Waals surface area contributed by atoms with Crippen molar-refractivity contribution in [1.82, 2.24) is 5.32 Å². The van der Waals surface area contributed by atoms with Crippen molar-refractivity contribution in [2.24, 2.45) is 0 Å². The highest BCUT2D eigenvalue weighted by Crippen LogP contribution is 2.45. The van der Waals surface area contributed by atoms with E-state index in [4.69, 9.17) is 0 Å². The van der Waals surface area contributed by atoms with Crippen molar-refractivity contribution in [3.8, 4) is 0 Å². The number of rotatable bonds is 3. The molecule has 126 valence electrons. The minimum absolute atomic E-state index is 0.0526. The molecule has 1 amide bonds. The fourth-order valence-corrected chi connectivity index (χ4v) is 5.14. The molecule has 1 N–H and O–H groups in total. The van der Waals surface area contributed by atoms with Crippen molar-refractivity contribution in [2.45, 2.75) is 49.3 Å². The normalized spacial score (nSPS) is 28.1. The Labute approximate surface area is 134 Å². The van der Waals surface area contributed by atoms with E-state index in [1.165, 1.54) is 6.07 Å². The van der Waals surface area contributed by atoms with Gasteiger partial charge < -0.3 is 5.32 Å². The summed E-state index contributed by atoms with van der Waals surface area (Å²) in [7, 11) is -3.17. The van der Waals surface area contributed by atoms with Crippen molar-refractivity contribution >= 4 is 15.7 Å². The van der Waals surface area contributed by atoms with Gasteiger partial charge in [-0.1, -0.05) is 12.5 Å². The van der Waals surface area contributed by atoms with Gasteiger partial charge in [0, 0.05) is 17.7 Å². The summed E-state index contributed by atoms with van der Waals surface area (Å²) in [6.07, 6.45) is 2.12. The molecule has 7 heteroatoms. The van der Waals surface area contributed by atoms with Crippen LogP contribution in [-0.2, 0) is 20.0 Å². The summed E-state index contributed by atoms with van der Waals surface area (Å²) in [6, 6.07) is 2.80. The molecule has 1 saturated heterocycles. The zero-order chi connectivity index (χ0) is 16.8. The molecule has 0 spiro atoms. The smallest absolute Gasteiger partial charge is 0.231 e. The fraction of sp³-hybridized carbons (Fsp3) is 0.562. The van der Waals surface area contributed by atoms with Gasteiger partial charge in [-0.25, -0.2) is 17.2 Å². The first-order valence-electron chi connectivity index (χ1n) is 7.74. The topological polar surface area (TPSA) is 63.2 Å². The lowest BCUT2D eigenvalue weighted by atomic mass is 9.63. The molecule has 0 unspecified atom stereocenters. The Kier molecular flexibility index (Phi) is 3.94. The zero-order valence-electron chi connectivity index (χ0n) is 12.8. The summed E-state index contributed by atoms with van der Waals surface area (Å²) >= 11 is 0. The van der Waals surface area contributed by atoms with Crippen molar-refractivity contribution in [3.05, 3.63) is 35.4 Å². The summed E-state index contributed by atoms with van der Waals surface area (Å²) in [6.45, 7) is 1.58. The number of carbonyl (C=O) groups excluding carboxylic acids is 1. The summed E-state index contributed by atoms with van der Waals surface area (Å²) in [4.78, 5) is 12.7. The number of halogens is 2. The van der Waals surface area contributed by atoms with Gasteiger partial charge in [0.05, 0.1) is 16.4 Å². The van der Waals surface area contributed by atoms with Gasteiger partial charge in [-0.15, -0.1) is 0 Å². The van der Waals surface area contributed by atoms with Gasteiger partial charge >= 0.3 is 0 Å². The molecule has 2 atom stereocenters. The van der Waals surface area contributed by atoms with Crippen LogP contribution in [0.25, 0.3) is 0 Å². The third-order valence-electron chi connectivity index (χ3n) is 5.25. The van der Waals surface area contributed by atoms with Gasteiger partial charge in [-0.3, -0.25) is 4.79 Å². The average Bonchev–Trinajstić information content (AvgIpc) is 2.67. The third kappa shape index (κ3) is 2.65.